The van der Waals surface area contributed by atoms with Crippen molar-refractivity contribution < 1.29 is 4.79 Å². The molecule has 0 aliphatic heterocycles. The Morgan fingerprint density at radius 3 is 3.08 bits per heavy atom. The van der Waals surface area contributed by atoms with Crippen LogP contribution in [0.5, 0.6) is 0 Å². The first-order valence-corrected chi connectivity index (χ1v) is 4.10. The molecular weight excluding hydrogens is 168 g/mol. The lowest BCUT2D eigenvalue weighted by Gasteiger charge is -2.01. The lowest BCUT2D eigenvalue weighted by molar-refractivity contribution is 0.0947. The van der Waals surface area contributed by atoms with Gasteiger partial charge in [-0.1, -0.05) is 0 Å². The van der Waals surface area contributed by atoms with Crippen molar-refractivity contribution in [1.82, 2.24) is 15.5 Å². The molecule has 0 aromatic carbocycles. The van der Waals surface area contributed by atoms with Crippen molar-refractivity contribution in [2.24, 2.45) is 5.73 Å². The van der Waals surface area contributed by atoms with Gasteiger partial charge in [-0.2, -0.15) is 5.10 Å². The fourth-order valence-corrected chi connectivity index (χ4v) is 0.817. The van der Waals surface area contributed by atoms with Gasteiger partial charge in [-0.3, -0.25) is 4.79 Å². The minimum atomic E-state index is -0.207. The van der Waals surface area contributed by atoms with E-state index in [0.29, 0.717) is 18.8 Å². The van der Waals surface area contributed by atoms with Gasteiger partial charge in [-0.05, 0) is 25.1 Å². The molecule has 0 atom stereocenters. The average molecular weight is 180 g/mol. The maximum atomic E-state index is 11.3. The number of nitrogens with two attached hydrogens (primary N) is 1. The highest BCUT2D eigenvalue weighted by atomic mass is 16.1. The topological polar surface area (TPSA) is 80.9 Å². The maximum absolute atomic E-state index is 11.3. The number of carbonyl (C=O) groups excluding carboxylic acids is 1. The van der Waals surface area contributed by atoms with Gasteiger partial charge in [0.05, 0.1) is 0 Å². The van der Waals surface area contributed by atoms with Crippen molar-refractivity contribution in [1.29, 1.82) is 0 Å². The molecule has 5 nitrogen and oxygen atoms in total. The predicted octanol–water partition coefficient (Wildman–Crippen LogP) is -0.445. The summed E-state index contributed by atoms with van der Waals surface area (Å²) >= 11 is 0. The standard InChI is InChI=1S/C8H12N4O/c9-4-2-5-10-8(13)7-3-1-6-11-12-7/h1,3,6H,2,4-5,9H2,(H,10,13). The van der Waals surface area contributed by atoms with Crippen LogP contribution in [-0.2, 0) is 0 Å². The lowest BCUT2D eigenvalue weighted by atomic mass is 10.3. The lowest BCUT2D eigenvalue weighted by Crippen LogP contribution is -2.26. The van der Waals surface area contributed by atoms with Crippen LogP contribution >= 0.6 is 0 Å². The van der Waals surface area contributed by atoms with Crippen LogP contribution in [0.25, 0.3) is 0 Å². The normalized spacial score (nSPS) is 9.62. The van der Waals surface area contributed by atoms with E-state index >= 15 is 0 Å². The number of amides is 1. The van der Waals surface area contributed by atoms with Crippen molar-refractivity contribution in [3.05, 3.63) is 24.0 Å². The Hall–Kier alpha value is -1.49. The van der Waals surface area contributed by atoms with Crippen LogP contribution in [0.15, 0.2) is 18.3 Å². The summed E-state index contributed by atoms with van der Waals surface area (Å²) in [6.07, 6.45) is 2.29. The molecule has 1 aromatic heterocycles. The molecule has 0 aliphatic carbocycles. The van der Waals surface area contributed by atoms with Gasteiger partial charge >= 0.3 is 0 Å². The highest BCUT2D eigenvalue weighted by molar-refractivity contribution is 5.91. The monoisotopic (exact) mass is 180 g/mol. The van der Waals surface area contributed by atoms with Gasteiger partial charge in [-0.15, -0.1) is 5.10 Å². The molecule has 1 amide bonds. The molecule has 1 aromatic rings. The molecule has 13 heavy (non-hydrogen) atoms. The number of hydrogen-bond acceptors (Lipinski definition) is 4. The first-order valence-electron chi connectivity index (χ1n) is 4.10. The van der Waals surface area contributed by atoms with Gasteiger partial charge in [0.25, 0.3) is 5.91 Å². The first-order chi connectivity index (χ1) is 6.34. The highest BCUT2D eigenvalue weighted by Gasteiger charge is 2.04. The number of nitrogens with zero attached hydrogens (tertiary/aromatic N) is 2. The van der Waals surface area contributed by atoms with Crippen LogP contribution in [0, 0.1) is 0 Å². The van der Waals surface area contributed by atoms with Crippen molar-refractivity contribution in [2.45, 2.75) is 6.42 Å². The summed E-state index contributed by atoms with van der Waals surface area (Å²) in [6, 6.07) is 3.29. The number of hydrogen-bond donors (Lipinski definition) is 2. The molecule has 0 saturated carbocycles. The van der Waals surface area contributed by atoms with Gasteiger partial charge in [-0.25, -0.2) is 0 Å². The third-order valence-corrected chi connectivity index (χ3v) is 1.47. The Balaban J connectivity index is 2.40. The Morgan fingerprint density at radius 1 is 1.62 bits per heavy atom. The predicted molar refractivity (Wildman–Crippen MR) is 48.0 cm³/mol. The Bertz CT molecular complexity index is 262. The molecule has 70 valence electrons. The summed E-state index contributed by atoms with van der Waals surface area (Å²) in [5.74, 6) is -0.207. The SMILES string of the molecule is NCCCNC(=O)c1cccnn1. The van der Waals surface area contributed by atoms with Crippen LogP contribution in [0.1, 0.15) is 16.9 Å². The number of aromatic nitrogens is 2. The minimum Gasteiger partial charge on any atom is -0.351 e. The van der Waals surface area contributed by atoms with E-state index in [1.54, 1.807) is 12.1 Å². The van der Waals surface area contributed by atoms with E-state index in [-0.39, 0.29) is 5.91 Å². The summed E-state index contributed by atoms with van der Waals surface area (Å²) in [7, 11) is 0. The number of nitrogens with one attached hydrogen (secondary N) is 1. The van der Waals surface area contributed by atoms with E-state index in [1.165, 1.54) is 6.20 Å². The molecule has 0 spiro atoms. The van der Waals surface area contributed by atoms with Gasteiger partial charge in [0.2, 0.25) is 0 Å². The largest absolute Gasteiger partial charge is 0.351 e. The molecule has 0 fully saturated rings. The van der Waals surface area contributed by atoms with Crippen molar-refractivity contribution >= 4 is 5.91 Å². The summed E-state index contributed by atoms with van der Waals surface area (Å²) in [5.41, 5.74) is 5.61. The van der Waals surface area contributed by atoms with Crippen LogP contribution in [0.2, 0.25) is 0 Å². The Labute approximate surface area is 76.4 Å². The molecule has 0 bridgehead atoms. The summed E-state index contributed by atoms with van der Waals surface area (Å²) in [4.78, 5) is 11.3. The van der Waals surface area contributed by atoms with Gasteiger partial charge in [0, 0.05) is 12.7 Å². The Morgan fingerprint density at radius 2 is 2.46 bits per heavy atom. The second kappa shape index (κ2) is 5.21. The van der Waals surface area contributed by atoms with E-state index in [4.69, 9.17) is 5.73 Å². The van der Waals surface area contributed by atoms with Crippen molar-refractivity contribution in [3.63, 3.8) is 0 Å². The van der Waals surface area contributed by atoms with E-state index in [1.807, 2.05) is 0 Å². The van der Waals surface area contributed by atoms with Crippen LogP contribution in [-0.4, -0.2) is 29.2 Å². The molecule has 0 radical (unpaired) electrons. The molecule has 5 heteroatoms. The Kier molecular flexibility index (Phi) is 3.84. The third kappa shape index (κ3) is 3.16. The zero-order valence-corrected chi connectivity index (χ0v) is 7.23. The average Bonchev–Trinajstić information content (AvgIpc) is 2.19. The number of rotatable bonds is 4. The van der Waals surface area contributed by atoms with Gasteiger partial charge in [0.15, 0.2) is 5.69 Å². The first kappa shape index (κ1) is 9.60. The van der Waals surface area contributed by atoms with Crippen LogP contribution in [0.3, 0.4) is 0 Å². The van der Waals surface area contributed by atoms with Crippen LogP contribution < -0.4 is 11.1 Å². The summed E-state index contributed by atoms with van der Waals surface area (Å²) in [6.45, 7) is 1.15. The fourth-order valence-electron chi connectivity index (χ4n) is 0.817. The molecule has 1 heterocycles. The molecular formula is C8H12N4O. The highest BCUT2D eigenvalue weighted by Crippen LogP contribution is 1.89. The molecule has 0 aliphatic rings. The van der Waals surface area contributed by atoms with E-state index < -0.39 is 0 Å². The quantitative estimate of drug-likeness (QED) is 0.615. The van der Waals surface area contributed by atoms with Gasteiger partial charge in [0.1, 0.15) is 0 Å². The molecule has 0 saturated heterocycles. The maximum Gasteiger partial charge on any atom is 0.271 e. The van der Waals surface area contributed by atoms with Crippen molar-refractivity contribution in [2.75, 3.05) is 13.1 Å². The van der Waals surface area contributed by atoms with Crippen molar-refractivity contribution in [3.8, 4) is 0 Å². The molecule has 3 N–H and O–H groups in total. The minimum absolute atomic E-state index is 0.207. The van der Waals surface area contributed by atoms with E-state index in [9.17, 15) is 4.79 Å². The van der Waals surface area contributed by atoms with E-state index in [0.717, 1.165) is 6.42 Å². The van der Waals surface area contributed by atoms with Crippen LogP contribution in [0.4, 0.5) is 0 Å². The molecule has 1 rings (SSSR count). The zero-order chi connectivity index (χ0) is 9.52. The zero-order valence-electron chi connectivity index (χ0n) is 7.23. The number of carbonyl (C=O) groups is 1. The fraction of sp³-hybridized carbons (Fsp3) is 0.375. The molecule has 0 unspecified atom stereocenters. The second-order valence-corrected chi connectivity index (χ2v) is 2.51. The third-order valence-electron chi connectivity index (χ3n) is 1.47. The van der Waals surface area contributed by atoms with E-state index in [2.05, 4.69) is 15.5 Å². The summed E-state index contributed by atoms with van der Waals surface area (Å²) < 4.78 is 0. The smallest absolute Gasteiger partial charge is 0.271 e. The second-order valence-electron chi connectivity index (χ2n) is 2.51. The van der Waals surface area contributed by atoms with Gasteiger partial charge < -0.3 is 11.1 Å². The summed E-state index contributed by atoms with van der Waals surface area (Å²) in [5, 5.41) is 9.94.